The Kier molecular flexibility index (Phi) is 3.83. The van der Waals surface area contributed by atoms with Gasteiger partial charge in [-0.1, -0.05) is 0 Å². The smallest absolute Gasteiger partial charge is 0.135 e. The summed E-state index contributed by atoms with van der Waals surface area (Å²) in [5.41, 5.74) is 0. The van der Waals surface area contributed by atoms with Gasteiger partial charge in [0.1, 0.15) is 5.78 Å². The van der Waals surface area contributed by atoms with Crippen LogP contribution in [0.4, 0.5) is 0 Å². The molecule has 0 spiro atoms. The summed E-state index contributed by atoms with van der Waals surface area (Å²) in [5.74, 6) is 3.03. The van der Waals surface area contributed by atoms with Gasteiger partial charge in [-0.15, -0.1) is 12.3 Å². The molecular formula is C10H15NO. The molecule has 0 aromatic heterocycles. The molecule has 12 heavy (non-hydrogen) atoms. The Balaban J connectivity index is 2.10. The highest BCUT2D eigenvalue weighted by molar-refractivity contribution is 5.79. The van der Waals surface area contributed by atoms with Crippen molar-refractivity contribution in [1.82, 2.24) is 4.90 Å². The molecule has 2 heteroatoms. The topological polar surface area (TPSA) is 20.3 Å². The molecule has 0 saturated carbocycles. The zero-order valence-electron chi connectivity index (χ0n) is 7.38. The predicted octanol–water partition coefficient (Wildman–Crippen LogP) is 1.06. The lowest BCUT2D eigenvalue weighted by molar-refractivity contribution is -0.121. The van der Waals surface area contributed by atoms with Crippen LogP contribution in [0.25, 0.3) is 0 Å². The second kappa shape index (κ2) is 4.95. The Morgan fingerprint density at radius 2 is 2.08 bits per heavy atom. The van der Waals surface area contributed by atoms with Gasteiger partial charge in [0.15, 0.2) is 0 Å². The Morgan fingerprint density at radius 3 is 2.67 bits per heavy atom. The summed E-state index contributed by atoms with van der Waals surface area (Å²) < 4.78 is 0. The van der Waals surface area contributed by atoms with Crippen molar-refractivity contribution in [1.29, 1.82) is 0 Å². The van der Waals surface area contributed by atoms with Gasteiger partial charge in [-0.05, 0) is 13.0 Å². The zero-order chi connectivity index (χ0) is 8.81. The summed E-state index contributed by atoms with van der Waals surface area (Å²) in [4.78, 5) is 13.2. The third-order valence-electron chi connectivity index (χ3n) is 2.21. The SMILES string of the molecule is C#CCCCN1CCC(=O)CC1. The number of Topliss-reactive ketones (excluding diaryl/α,β-unsaturated/α-hetero) is 1. The lowest BCUT2D eigenvalue weighted by atomic mass is 10.1. The van der Waals surface area contributed by atoms with E-state index < -0.39 is 0 Å². The van der Waals surface area contributed by atoms with Crippen molar-refractivity contribution < 1.29 is 4.79 Å². The van der Waals surface area contributed by atoms with Crippen molar-refractivity contribution in [3.8, 4) is 12.3 Å². The Morgan fingerprint density at radius 1 is 1.42 bits per heavy atom. The fourth-order valence-electron chi connectivity index (χ4n) is 1.43. The van der Waals surface area contributed by atoms with Crippen LogP contribution in [0.3, 0.4) is 0 Å². The van der Waals surface area contributed by atoms with Crippen LogP contribution < -0.4 is 0 Å². The number of hydrogen-bond donors (Lipinski definition) is 0. The van der Waals surface area contributed by atoms with E-state index in [1.165, 1.54) is 0 Å². The molecule has 0 aliphatic carbocycles. The number of likely N-dealkylation sites (tertiary alicyclic amines) is 1. The first kappa shape index (κ1) is 9.28. The summed E-state index contributed by atoms with van der Waals surface area (Å²) in [6.45, 7) is 2.92. The third-order valence-corrected chi connectivity index (χ3v) is 2.21. The third kappa shape index (κ3) is 3.06. The molecular weight excluding hydrogens is 150 g/mol. The molecule has 0 bridgehead atoms. The Bertz CT molecular complexity index is 183. The first-order chi connectivity index (χ1) is 5.83. The van der Waals surface area contributed by atoms with Crippen LogP contribution in [-0.4, -0.2) is 30.3 Å². The van der Waals surface area contributed by atoms with Crippen LogP contribution >= 0.6 is 0 Å². The lowest BCUT2D eigenvalue weighted by Crippen LogP contribution is -2.34. The number of unbranched alkanes of at least 4 members (excludes halogenated alkanes) is 1. The highest BCUT2D eigenvalue weighted by Crippen LogP contribution is 2.06. The van der Waals surface area contributed by atoms with Crippen molar-refractivity contribution in [2.24, 2.45) is 0 Å². The van der Waals surface area contributed by atoms with Gasteiger partial charge in [0.2, 0.25) is 0 Å². The van der Waals surface area contributed by atoms with Crippen molar-refractivity contribution in [3.63, 3.8) is 0 Å². The molecule has 66 valence electrons. The highest BCUT2D eigenvalue weighted by atomic mass is 16.1. The molecule has 1 aliphatic rings. The molecule has 0 atom stereocenters. The standard InChI is InChI=1S/C10H15NO/c1-2-3-4-7-11-8-5-10(12)6-9-11/h1H,3-9H2. The molecule has 1 saturated heterocycles. The molecule has 1 aliphatic heterocycles. The summed E-state index contributed by atoms with van der Waals surface area (Å²) >= 11 is 0. The van der Waals surface area contributed by atoms with Crippen LogP contribution in [-0.2, 0) is 4.79 Å². The van der Waals surface area contributed by atoms with E-state index >= 15 is 0 Å². The fourth-order valence-corrected chi connectivity index (χ4v) is 1.43. The van der Waals surface area contributed by atoms with Crippen molar-refractivity contribution in [2.45, 2.75) is 25.7 Å². The average Bonchev–Trinajstić information content (AvgIpc) is 2.09. The van der Waals surface area contributed by atoms with Crippen molar-refractivity contribution in [2.75, 3.05) is 19.6 Å². The molecule has 1 rings (SSSR count). The Hall–Kier alpha value is -0.810. The van der Waals surface area contributed by atoms with Gasteiger partial charge >= 0.3 is 0 Å². The quantitative estimate of drug-likeness (QED) is 0.460. The number of hydrogen-bond acceptors (Lipinski definition) is 2. The lowest BCUT2D eigenvalue weighted by Gasteiger charge is -2.25. The Labute approximate surface area is 73.9 Å². The second-order valence-corrected chi connectivity index (χ2v) is 3.19. The van der Waals surface area contributed by atoms with Crippen LogP contribution in [0.1, 0.15) is 25.7 Å². The fraction of sp³-hybridized carbons (Fsp3) is 0.700. The molecule has 0 aromatic rings. The molecule has 2 nitrogen and oxygen atoms in total. The molecule has 1 fully saturated rings. The monoisotopic (exact) mass is 165 g/mol. The van der Waals surface area contributed by atoms with E-state index in [0.29, 0.717) is 5.78 Å². The van der Waals surface area contributed by atoms with Gasteiger partial charge in [0.05, 0.1) is 0 Å². The second-order valence-electron chi connectivity index (χ2n) is 3.19. The van der Waals surface area contributed by atoms with Crippen LogP contribution in [0, 0.1) is 12.3 Å². The maximum atomic E-state index is 10.9. The van der Waals surface area contributed by atoms with Gasteiger partial charge < -0.3 is 4.90 Å². The predicted molar refractivity (Wildman–Crippen MR) is 48.7 cm³/mol. The van der Waals surface area contributed by atoms with Crippen LogP contribution in [0.15, 0.2) is 0 Å². The van der Waals surface area contributed by atoms with E-state index in [1.54, 1.807) is 0 Å². The van der Waals surface area contributed by atoms with E-state index in [2.05, 4.69) is 10.8 Å². The van der Waals surface area contributed by atoms with Gasteiger partial charge in [-0.2, -0.15) is 0 Å². The normalized spacial score (nSPS) is 19.1. The van der Waals surface area contributed by atoms with Crippen molar-refractivity contribution in [3.05, 3.63) is 0 Å². The minimum absolute atomic E-state index is 0.406. The number of carbonyl (C=O) groups is 1. The first-order valence-corrected chi connectivity index (χ1v) is 4.50. The maximum Gasteiger partial charge on any atom is 0.135 e. The molecule has 0 radical (unpaired) electrons. The summed E-state index contributed by atoms with van der Waals surface area (Å²) in [6.07, 6.45) is 8.52. The average molecular weight is 165 g/mol. The van der Waals surface area contributed by atoms with E-state index in [0.717, 1.165) is 45.3 Å². The zero-order valence-corrected chi connectivity index (χ0v) is 7.38. The van der Waals surface area contributed by atoms with E-state index in [9.17, 15) is 4.79 Å². The molecule has 1 heterocycles. The maximum absolute atomic E-state index is 10.9. The largest absolute Gasteiger partial charge is 0.302 e. The van der Waals surface area contributed by atoms with Crippen molar-refractivity contribution >= 4 is 5.78 Å². The molecule has 0 unspecified atom stereocenters. The number of terminal acetylenes is 1. The van der Waals surface area contributed by atoms with E-state index in [-0.39, 0.29) is 0 Å². The van der Waals surface area contributed by atoms with Crippen LogP contribution in [0.5, 0.6) is 0 Å². The number of rotatable bonds is 3. The number of nitrogens with zero attached hydrogens (tertiary/aromatic N) is 1. The van der Waals surface area contributed by atoms with Gasteiger partial charge in [0.25, 0.3) is 0 Å². The van der Waals surface area contributed by atoms with Gasteiger partial charge in [-0.25, -0.2) is 0 Å². The van der Waals surface area contributed by atoms with Gasteiger partial charge in [0, 0.05) is 32.4 Å². The number of piperidine rings is 1. The molecule has 0 aromatic carbocycles. The summed E-state index contributed by atoms with van der Waals surface area (Å²) in [6, 6.07) is 0. The summed E-state index contributed by atoms with van der Waals surface area (Å²) in [7, 11) is 0. The molecule has 0 amide bonds. The number of carbonyl (C=O) groups excluding carboxylic acids is 1. The highest BCUT2D eigenvalue weighted by Gasteiger charge is 2.14. The summed E-state index contributed by atoms with van der Waals surface area (Å²) in [5, 5.41) is 0. The number of ketones is 1. The van der Waals surface area contributed by atoms with E-state index in [4.69, 9.17) is 6.42 Å². The van der Waals surface area contributed by atoms with Crippen LogP contribution in [0.2, 0.25) is 0 Å². The minimum atomic E-state index is 0.406. The first-order valence-electron chi connectivity index (χ1n) is 4.50. The van der Waals surface area contributed by atoms with E-state index in [1.807, 2.05) is 0 Å². The minimum Gasteiger partial charge on any atom is -0.302 e. The van der Waals surface area contributed by atoms with Gasteiger partial charge in [-0.3, -0.25) is 4.79 Å². The molecule has 0 N–H and O–H groups in total.